The van der Waals surface area contributed by atoms with Crippen LogP contribution in [0.3, 0.4) is 0 Å². The van der Waals surface area contributed by atoms with Crippen LogP contribution in [0.15, 0.2) is 28.4 Å². The SMILES string of the molecule is CCN=NC(C)c1nc2c(C)cccc2[nH]1. The summed E-state index contributed by atoms with van der Waals surface area (Å²) >= 11 is 0. The number of H-pyrrole nitrogens is 1. The lowest BCUT2D eigenvalue weighted by Crippen LogP contribution is -1.91. The number of hydrogen-bond donors (Lipinski definition) is 1. The summed E-state index contributed by atoms with van der Waals surface area (Å²) in [5, 5.41) is 8.17. The van der Waals surface area contributed by atoms with E-state index in [1.54, 1.807) is 0 Å². The standard InChI is InChI=1S/C12H16N4/c1-4-13-16-9(3)12-14-10-7-5-6-8(2)11(10)15-12/h5-7,9H,4H2,1-3H3,(H,14,15). The van der Waals surface area contributed by atoms with Crippen molar-refractivity contribution in [2.75, 3.05) is 6.54 Å². The van der Waals surface area contributed by atoms with Gasteiger partial charge in [0.1, 0.15) is 11.9 Å². The van der Waals surface area contributed by atoms with Gasteiger partial charge in [0.2, 0.25) is 0 Å². The first-order chi connectivity index (χ1) is 7.72. The number of nitrogens with one attached hydrogen (secondary N) is 1. The Bertz CT molecular complexity index is 513. The van der Waals surface area contributed by atoms with Crippen molar-refractivity contribution >= 4 is 11.0 Å². The Balaban J connectivity index is 2.39. The van der Waals surface area contributed by atoms with Crippen LogP contribution in [0.25, 0.3) is 11.0 Å². The van der Waals surface area contributed by atoms with Gasteiger partial charge in [0.25, 0.3) is 0 Å². The summed E-state index contributed by atoms with van der Waals surface area (Å²) in [5.74, 6) is 0.876. The molecule has 1 N–H and O–H groups in total. The van der Waals surface area contributed by atoms with Crippen LogP contribution >= 0.6 is 0 Å². The summed E-state index contributed by atoms with van der Waals surface area (Å²) in [5.41, 5.74) is 3.27. The van der Waals surface area contributed by atoms with Crippen molar-refractivity contribution < 1.29 is 0 Å². The number of para-hydroxylation sites is 1. The molecule has 0 aliphatic carbocycles. The van der Waals surface area contributed by atoms with E-state index in [0.717, 1.165) is 16.9 Å². The Labute approximate surface area is 94.8 Å². The van der Waals surface area contributed by atoms with Crippen molar-refractivity contribution in [1.29, 1.82) is 0 Å². The number of fused-ring (bicyclic) bond motifs is 1. The van der Waals surface area contributed by atoms with Gasteiger partial charge in [-0.2, -0.15) is 10.2 Å². The Hall–Kier alpha value is -1.71. The normalized spacial score (nSPS) is 13.7. The molecule has 0 amide bonds. The molecule has 0 aliphatic rings. The molecule has 1 atom stereocenters. The van der Waals surface area contributed by atoms with Gasteiger partial charge in [-0.3, -0.25) is 0 Å². The quantitative estimate of drug-likeness (QED) is 0.785. The number of imidazole rings is 1. The number of aromatic nitrogens is 2. The summed E-state index contributed by atoms with van der Waals surface area (Å²) in [7, 11) is 0. The summed E-state index contributed by atoms with van der Waals surface area (Å²) in [6.45, 7) is 6.74. The monoisotopic (exact) mass is 216 g/mol. The number of nitrogens with zero attached hydrogens (tertiary/aromatic N) is 3. The fourth-order valence-electron chi connectivity index (χ4n) is 1.65. The highest BCUT2D eigenvalue weighted by Gasteiger charge is 2.10. The molecule has 0 saturated heterocycles. The average molecular weight is 216 g/mol. The van der Waals surface area contributed by atoms with Crippen molar-refractivity contribution in [2.24, 2.45) is 10.2 Å². The van der Waals surface area contributed by atoms with Gasteiger partial charge in [-0.1, -0.05) is 12.1 Å². The molecule has 84 valence electrons. The van der Waals surface area contributed by atoms with Crippen molar-refractivity contribution in [1.82, 2.24) is 9.97 Å². The molecule has 1 unspecified atom stereocenters. The molecule has 4 heteroatoms. The molecule has 0 spiro atoms. The molecule has 0 aliphatic heterocycles. The number of benzene rings is 1. The van der Waals surface area contributed by atoms with Crippen LogP contribution in [0.1, 0.15) is 31.3 Å². The van der Waals surface area contributed by atoms with E-state index in [-0.39, 0.29) is 6.04 Å². The van der Waals surface area contributed by atoms with Gasteiger partial charge in [0.05, 0.1) is 17.6 Å². The smallest absolute Gasteiger partial charge is 0.133 e. The molecule has 0 saturated carbocycles. The van der Waals surface area contributed by atoms with Crippen LogP contribution < -0.4 is 0 Å². The zero-order valence-corrected chi connectivity index (χ0v) is 9.86. The van der Waals surface area contributed by atoms with Crippen LogP contribution in [0.4, 0.5) is 0 Å². The highest BCUT2D eigenvalue weighted by atomic mass is 15.1. The summed E-state index contributed by atoms with van der Waals surface area (Å²) in [6, 6.07) is 6.11. The van der Waals surface area contributed by atoms with Gasteiger partial charge < -0.3 is 4.98 Å². The van der Waals surface area contributed by atoms with Gasteiger partial charge in [-0.05, 0) is 32.4 Å². The van der Waals surface area contributed by atoms with Gasteiger partial charge in [0, 0.05) is 0 Å². The topological polar surface area (TPSA) is 53.4 Å². The third kappa shape index (κ3) is 1.96. The molecule has 2 rings (SSSR count). The Morgan fingerprint density at radius 2 is 2.25 bits per heavy atom. The molecule has 1 aromatic carbocycles. The van der Waals surface area contributed by atoms with E-state index < -0.39 is 0 Å². The minimum atomic E-state index is -0.00764. The molecule has 4 nitrogen and oxygen atoms in total. The van der Waals surface area contributed by atoms with Crippen LogP contribution in [0.5, 0.6) is 0 Å². The van der Waals surface area contributed by atoms with E-state index in [4.69, 9.17) is 0 Å². The number of aryl methyl sites for hydroxylation is 1. The van der Waals surface area contributed by atoms with Crippen LogP contribution in [0, 0.1) is 6.92 Å². The van der Waals surface area contributed by atoms with E-state index >= 15 is 0 Å². The first-order valence-corrected chi connectivity index (χ1v) is 5.54. The van der Waals surface area contributed by atoms with Crippen LogP contribution in [0.2, 0.25) is 0 Å². The molecule has 1 heterocycles. The molecule has 0 radical (unpaired) electrons. The second-order valence-electron chi connectivity index (χ2n) is 3.84. The van der Waals surface area contributed by atoms with E-state index in [1.165, 1.54) is 5.56 Å². The molecular weight excluding hydrogens is 200 g/mol. The largest absolute Gasteiger partial charge is 0.340 e. The lowest BCUT2D eigenvalue weighted by molar-refractivity contribution is 0.694. The highest BCUT2D eigenvalue weighted by Crippen LogP contribution is 2.20. The summed E-state index contributed by atoms with van der Waals surface area (Å²) < 4.78 is 0. The number of hydrogen-bond acceptors (Lipinski definition) is 3. The van der Waals surface area contributed by atoms with Crippen LogP contribution in [-0.4, -0.2) is 16.5 Å². The Morgan fingerprint density at radius 3 is 2.94 bits per heavy atom. The Morgan fingerprint density at radius 1 is 1.44 bits per heavy atom. The predicted octanol–water partition coefficient (Wildman–Crippen LogP) is 3.40. The molecule has 16 heavy (non-hydrogen) atoms. The minimum Gasteiger partial charge on any atom is -0.340 e. The van der Waals surface area contributed by atoms with Crippen molar-refractivity contribution in [2.45, 2.75) is 26.8 Å². The molecular formula is C12H16N4. The fraction of sp³-hybridized carbons (Fsp3) is 0.417. The average Bonchev–Trinajstić information content (AvgIpc) is 2.71. The second-order valence-corrected chi connectivity index (χ2v) is 3.84. The van der Waals surface area contributed by atoms with E-state index in [9.17, 15) is 0 Å². The van der Waals surface area contributed by atoms with Crippen LogP contribution in [-0.2, 0) is 0 Å². The minimum absolute atomic E-state index is 0.00764. The maximum absolute atomic E-state index is 4.56. The predicted molar refractivity (Wildman–Crippen MR) is 64.6 cm³/mol. The first kappa shape index (κ1) is 10.8. The van der Waals surface area contributed by atoms with E-state index in [2.05, 4.69) is 33.2 Å². The van der Waals surface area contributed by atoms with Gasteiger partial charge in [0.15, 0.2) is 0 Å². The lowest BCUT2D eigenvalue weighted by atomic mass is 10.2. The third-order valence-corrected chi connectivity index (χ3v) is 2.52. The van der Waals surface area contributed by atoms with Crippen molar-refractivity contribution in [3.63, 3.8) is 0 Å². The molecule has 1 aromatic heterocycles. The number of azo groups is 1. The van der Waals surface area contributed by atoms with Crippen molar-refractivity contribution in [3.05, 3.63) is 29.6 Å². The molecule has 0 fully saturated rings. The fourth-order valence-corrected chi connectivity index (χ4v) is 1.65. The maximum Gasteiger partial charge on any atom is 0.133 e. The molecule has 0 bridgehead atoms. The van der Waals surface area contributed by atoms with Crippen molar-refractivity contribution in [3.8, 4) is 0 Å². The zero-order valence-electron chi connectivity index (χ0n) is 9.86. The zero-order chi connectivity index (χ0) is 11.5. The van der Waals surface area contributed by atoms with Gasteiger partial charge in [-0.15, -0.1) is 0 Å². The van der Waals surface area contributed by atoms with Gasteiger partial charge >= 0.3 is 0 Å². The lowest BCUT2D eigenvalue weighted by Gasteiger charge is -1.98. The maximum atomic E-state index is 4.56. The highest BCUT2D eigenvalue weighted by molar-refractivity contribution is 5.78. The van der Waals surface area contributed by atoms with E-state index in [0.29, 0.717) is 6.54 Å². The summed E-state index contributed by atoms with van der Waals surface area (Å²) in [4.78, 5) is 7.84. The Kier molecular flexibility index (Phi) is 2.99. The van der Waals surface area contributed by atoms with Gasteiger partial charge in [-0.25, -0.2) is 4.98 Å². The number of aromatic amines is 1. The number of rotatable bonds is 3. The second kappa shape index (κ2) is 4.43. The van der Waals surface area contributed by atoms with E-state index in [1.807, 2.05) is 26.0 Å². The molecule has 2 aromatic rings. The summed E-state index contributed by atoms with van der Waals surface area (Å²) in [6.07, 6.45) is 0. The first-order valence-electron chi connectivity index (χ1n) is 5.54. The third-order valence-electron chi connectivity index (χ3n) is 2.52.